The molecule has 0 bridgehead atoms. The van der Waals surface area contributed by atoms with Crippen LogP contribution in [0.1, 0.15) is 18.4 Å². The fourth-order valence-corrected chi connectivity index (χ4v) is 2.07. The lowest BCUT2D eigenvalue weighted by Gasteiger charge is -2.12. The van der Waals surface area contributed by atoms with Gasteiger partial charge in [0.05, 0.1) is 12.1 Å². The third-order valence-corrected chi connectivity index (χ3v) is 3.69. The summed E-state index contributed by atoms with van der Waals surface area (Å²) in [5.41, 5.74) is 6.98. The molecule has 4 heteroatoms. The fourth-order valence-electron chi connectivity index (χ4n) is 1.58. The van der Waals surface area contributed by atoms with E-state index in [0.717, 1.165) is 24.8 Å². The van der Waals surface area contributed by atoms with E-state index in [1.165, 1.54) is 0 Å². The van der Waals surface area contributed by atoms with Gasteiger partial charge in [0.15, 0.2) is 0 Å². The van der Waals surface area contributed by atoms with Gasteiger partial charge in [0.1, 0.15) is 10.8 Å². The van der Waals surface area contributed by atoms with Crippen molar-refractivity contribution in [1.82, 2.24) is 0 Å². The minimum atomic E-state index is -0.0540. The molecule has 82 valence electrons. The van der Waals surface area contributed by atoms with Crippen molar-refractivity contribution in [3.05, 3.63) is 27.7 Å². The third-order valence-electron chi connectivity index (χ3n) is 2.78. The Kier molecular flexibility index (Phi) is 2.84. The molecule has 1 aliphatic rings. The van der Waals surface area contributed by atoms with Crippen molar-refractivity contribution in [1.29, 1.82) is 0 Å². The summed E-state index contributed by atoms with van der Waals surface area (Å²) < 4.78 is 5.08. The Balaban J connectivity index is 2.29. The Morgan fingerprint density at radius 2 is 2.00 bits per heavy atom. The van der Waals surface area contributed by atoms with E-state index in [1.807, 2.05) is 12.1 Å². The van der Waals surface area contributed by atoms with Crippen molar-refractivity contribution in [3.63, 3.8) is 0 Å². The van der Waals surface area contributed by atoms with Gasteiger partial charge in [0.2, 0.25) is 0 Å². The van der Waals surface area contributed by atoms with E-state index >= 15 is 0 Å². The number of nitrogens with two attached hydrogens (primary N) is 1. The number of halogens is 2. The summed E-state index contributed by atoms with van der Waals surface area (Å²) in [6, 6.07) is 3.76. The molecule has 1 aromatic carbocycles. The maximum absolute atomic E-state index is 6.14. The molecule has 2 rings (SSSR count). The molecule has 0 aliphatic heterocycles. The first-order chi connectivity index (χ1) is 7.06. The molecule has 0 aromatic heterocycles. The van der Waals surface area contributed by atoms with Crippen molar-refractivity contribution in [3.8, 4) is 5.75 Å². The molecular weight excluding hydrogens is 233 g/mol. The Morgan fingerprint density at radius 3 is 2.53 bits per heavy atom. The summed E-state index contributed by atoms with van der Waals surface area (Å²) in [5, 5.41) is 1.04. The van der Waals surface area contributed by atoms with Crippen LogP contribution in [-0.2, 0) is 6.42 Å². The summed E-state index contributed by atoms with van der Waals surface area (Å²) in [5.74, 6) is 0.604. The van der Waals surface area contributed by atoms with Gasteiger partial charge in [-0.2, -0.15) is 0 Å². The van der Waals surface area contributed by atoms with E-state index in [2.05, 4.69) is 0 Å². The van der Waals surface area contributed by atoms with Gasteiger partial charge in [-0.1, -0.05) is 29.3 Å². The second kappa shape index (κ2) is 3.85. The van der Waals surface area contributed by atoms with Crippen LogP contribution < -0.4 is 10.5 Å². The van der Waals surface area contributed by atoms with Gasteiger partial charge >= 0.3 is 0 Å². The molecule has 0 radical (unpaired) electrons. The molecule has 2 N–H and O–H groups in total. The molecule has 0 heterocycles. The average Bonchev–Trinajstić information content (AvgIpc) is 2.92. The zero-order valence-electron chi connectivity index (χ0n) is 8.52. The van der Waals surface area contributed by atoms with E-state index in [0.29, 0.717) is 15.8 Å². The number of methoxy groups -OCH3 is 1. The highest BCUT2D eigenvalue weighted by atomic mass is 35.5. The maximum atomic E-state index is 6.14. The number of benzene rings is 1. The lowest BCUT2D eigenvalue weighted by Crippen LogP contribution is -2.24. The van der Waals surface area contributed by atoms with Crippen molar-refractivity contribution in [2.45, 2.75) is 24.8 Å². The Morgan fingerprint density at radius 1 is 1.33 bits per heavy atom. The van der Waals surface area contributed by atoms with Gasteiger partial charge in [0, 0.05) is 5.54 Å². The first-order valence-corrected chi connectivity index (χ1v) is 5.61. The minimum absolute atomic E-state index is 0.0540. The average molecular weight is 246 g/mol. The van der Waals surface area contributed by atoms with Crippen molar-refractivity contribution < 1.29 is 4.74 Å². The summed E-state index contributed by atoms with van der Waals surface area (Å²) >= 11 is 12.2. The molecule has 2 nitrogen and oxygen atoms in total. The molecule has 0 amide bonds. The Hall–Kier alpha value is -0.440. The highest BCUT2D eigenvalue weighted by Crippen LogP contribution is 2.40. The van der Waals surface area contributed by atoms with E-state index in [9.17, 15) is 0 Å². The molecule has 0 saturated heterocycles. The highest BCUT2D eigenvalue weighted by Gasteiger charge is 2.38. The lowest BCUT2D eigenvalue weighted by atomic mass is 10.0. The molecule has 1 aliphatic carbocycles. The van der Waals surface area contributed by atoms with E-state index in [1.54, 1.807) is 7.11 Å². The number of ether oxygens (including phenoxy) is 1. The minimum Gasteiger partial charge on any atom is -0.495 e. The third kappa shape index (κ3) is 2.22. The van der Waals surface area contributed by atoms with E-state index in [4.69, 9.17) is 33.7 Å². The molecule has 0 spiro atoms. The van der Waals surface area contributed by atoms with Crippen LogP contribution in [0.4, 0.5) is 0 Å². The van der Waals surface area contributed by atoms with Crippen LogP contribution in [0.2, 0.25) is 10.0 Å². The van der Waals surface area contributed by atoms with Gasteiger partial charge < -0.3 is 10.5 Å². The molecule has 0 unspecified atom stereocenters. The fraction of sp³-hybridized carbons (Fsp3) is 0.455. The van der Waals surface area contributed by atoms with Crippen LogP contribution >= 0.6 is 23.2 Å². The van der Waals surface area contributed by atoms with Crippen LogP contribution in [0.5, 0.6) is 5.75 Å². The van der Waals surface area contributed by atoms with Crippen molar-refractivity contribution in [2.24, 2.45) is 5.73 Å². The van der Waals surface area contributed by atoms with Gasteiger partial charge in [-0.15, -0.1) is 0 Å². The summed E-state index contributed by atoms with van der Waals surface area (Å²) in [6.45, 7) is 0. The molecule has 1 saturated carbocycles. The van der Waals surface area contributed by atoms with Crippen molar-refractivity contribution in [2.75, 3.05) is 7.11 Å². The monoisotopic (exact) mass is 245 g/mol. The normalized spacial score (nSPS) is 17.6. The second-order valence-electron chi connectivity index (χ2n) is 4.09. The Bertz CT molecular complexity index is 388. The quantitative estimate of drug-likeness (QED) is 0.889. The summed E-state index contributed by atoms with van der Waals surface area (Å²) in [7, 11) is 1.57. The van der Waals surface area contributed by atoms with E-state index < -0.39 is 0 Å². The first kappa shape index (κ1) is 11.1. The predicted octanol–water partition coefficient (Wildman–Crippen LogP) is 3.04. The lowest BCUT2D eigenvalue weighted by molar-refractivity contribution is 0.415. The SMILES string of the molecule is COc1ccc(CC2(N)CC2)c(Cl)c1Cl. The van der Waals surface area contributed by atoms with E-state index in [-0.39, 0.29) is 5.54 Å². The predicted molar refractivity (Wildman–Crippen MR) is 62.9 cm³/mol. The largest absolute Gasteiger partial charge is 0.495 e. The van der Waals surface area contributed by atoms with Crippen molar-refractivity contribution >= 4 is 23.2 Å². The van der Waals surface area contributed by atoms with Crippen LogP contribution in [0.15, 0.2) is 12.1 Å². The van der Waals surface area contributed by atoms with Crippen LogP contribution in [-0.4, -0.2) is 12.6 Å². The van der Waals surface area contributed by atoms with Gasteiger partial charge in [0.25, 0.3) is 0 Å². The van der Waals surface area contributed by atoms with Crippen LogP contribution in [0, 0.1) is 0 Å². The number of rotatable bonds is 3. The van der Waals surface area contributed by atoms with Crippen LogP contribution in [0.25, 0.3) is 0 Å². The zero-order chi connectivity index (χ0) is 11.1. The van der Waals surface area contributed by atoms with Crippen LogP contribution in [0.3, 0.4) is 0 Å². The maximum Gasteiger partial charge on any atom is 0.138 e. The number of hydrogen-bond acceptors (Lipinski definition) is 2. The topological polar surface area (TPSA) is 35.2 Å². The molecule has 1 fully saturated rings. The van der Waals surface area contributed by atoms with Gasteiger partial charge in [-0.25, -0.2) is 0 Å². The first-order valence-electron chi connectivity index (χ1n) is 4.85. The second-order valence-corrected chi connectivity index (χ2v) is 4.85. The smallest absolute Gasteiger partial charge is 0.138 e. The molecular formula is C11H13Cl2NO. The molecule has 0 atom stereocenters. The summed E-state index contributed by atoms with van der Waals surface area (Å²) in [4.78, 5) is 0. The van der Waals surface area contributed by atoms with Gasteiger partial charge in [-0.3, -0.25) is 0 Å². The zero-order valence-corrected chi connectivity index (χ0v) is 10.0. The number of hydrogen-bond donors (Lipinski definition) is 1. The standard InChI is InChI=1S/C11H13Cl2NO/c1-15-8-3-2-7(9(12)10(8)13)6-11(14)4-5-11/h2-3H,4-6,14H2,1H3. The van der Waals surface area contributed by atoms with Gasteiger partial charge in [-0.05, 0) is 30.9 Å². The molecule has 1 aromatic rings. The summed E-state index contributed by atoms with van der Waals surface area (Å²) in [6.07, 6.45) is 2.91. The Labute approximate surface area is 99.3 Å². The highest BCUT2D eigenvalue weighted by molar-refractivity contribution is 6.43. The molecule has 15 heavy (non-hydrogen) atoms.